The summed E-state index contributed by atoms with van der Waals surface area (Å²) in [5.41, 5.74) is 0.0766. The van der Waals surface area contributed by atoms with Crippen molar-refractivity contribution >= 4 is 22.6 Å². The monoisotopic (exact) mass is 393 g/mol. The Morgan fingerprint density at radius 2 is 1.75 bits per heavy atom. The number of fused-ring (bicyclic) bond motifs is 1. The molecule has 1 amide bonds. The number of rotatable bonds is 6. The normalized spacial score (nSPS) is 11.2. The van der Waals surface area contributed by atoms with Crippen molar-refractivity contribution in [2.75, 3.05) is 18.5 Å². The molecular formula is C19H14F3NO5. The second-order valence-corrected chi connectivity index (χ2v) is 5.72. The maximum Gasteiger partial charge on any atom is 0.422 e. The maximum absolute atomic E-state index is 12.2. The third-order valence-electron chi connectivity index (χ3n) is 3.48. The Morgan fingerprint density at radius 3 is 2.54 bits per heavy atom. The number of carbonyl (C=O) groups is 1. The van der Waals surface area contributed by atoms with Gasteiger partial charge in [-0.25, -0.2) is 4.79 Å². The summed E-state index contributed by atoms with van der Waals surface area (Å²) in [5, 5.41) is 3.20. The van der Waals surface area contributed by atoms with E-state index in [0.29, 0.717) is 16.7 Å². The van der Waals surface area contributed by atoms with Crippen LogP contribution in [0.15, 0.2) is 63.8 Å². The number of hydrogen-bond donors (Lipinski definition) is 1. The predicted octanol–water partition coefficient (Wildman–Crippen LogP) is 3.75. The van der Waals surface area contributed by atoms with Crippen molar-refractivity contribution in [3.63, 3.8) is 0 Å². The first-order valence-corrected chi connectivity index (χ1v) is 8.05. The van der Waals surface area contributed by atoms with Gasteiger partial charge in [-0.05, 0) is 30.3 Å². The first-order chi connectivity index (χ1) is 13.3. The maximum atomic E-state index is 12.2. The molecule has 0 aliphatic carbocycles. The third-order valence-corrected chi connectivity index (χ3v) is 3.48. The van der Waals surface area contributed by atoms with E-state index in [9.17, 15) is 22.8 Å². The van der Waals surface area contributed by atoms with Crippen LogP contribution in [-0.2, 0) is 4.79 Å². The average Bonchev–Trinajstić information content (AvgIpc) is 2.64. The molecule has 1 N–H and O–H groups in total. The zero-order valence-corrected chi connectivity index (χ0v) is 14.3. The summed E-state index contributed by atoms with van der Waals surface area (Å²) in [5.74, 6) is -0.234. The molecule has 0 saturated carbocycles. The lowest BCUT2D eigenvalue weighted by Gasteiger charge is -2.11. The van der Waals surface area contributed by atoms with Crippen LogP contribution >= 0.6 is 0 Å². The number of nitrogens with one attached hydrogen (secondary N) is 1. The van der Waals surface area contributed by atoms with Gasteiger partial charge in [0, 0.05) is 29.3 Å². The minimum Gasteiger partial charge on any atom is -0.484 e. The molecule has 0 fully saturated rings. The molecule has 1 aromatic heterocycles. The SMILES string of the molecule is O=C(COc1ccc2ccc(=O)oc2c1)Nc1cccc(OCC(F)(F)F)c1. The fourth-order valence-corrected chi connectivity index (χ4v) is 2.31. The molecular weight excluding hydrogens is 379 g/mol. The Bertz CT molecular complexity index is 1050. The quantitative estimate of drug-likeness (QED) is 0.646. The highest BCUT2D eigenvalue weighted by molar-refractivity contribution is 5.92. The van der Waals surface area contributed by atoms with E-state index in [0.717, 1.165) is 0 Å². The number of hydrogen-bond acceptors (Lipinski definition) is 5. The molecule has 0 unspecified atom stereocenters. The smallest absolute Gasteiger partial charge is 0.422 e. The zero-order chi connectivity index (χ0) is 20.1. The van der Waals surface area contributed by atoms with Crippen molar-refractivity contribution in [3.05, 3.63) is 65.0 Å². The van der Waals surface area contributed by atoms with Crippen LogP contribution in [0.4, 0.5) is 18.9 Å². The van der Waals surface area contributed by atoms with Gasteiger partial charge in [0.1, 0.15) is 17.1 Å². The van der Waals surface area contributed by atoms with Crippen LogP contribution in [0.3, 0.4) is 0 Å². The van der Waals surface area contributed by atoms with Gasteiger partial charge >= 0.3 is 11.8 Å². The van der Waals surface area contributed by atoms with E-state index in [1.54, 1.807) is 18.2 Å². The van der Waals surface area contributed by atoms with Gasteiger partial charge in [0.25, 0.3) is 5.91 Å². The van der Waals surface area contributed by atoms with E-state index in [2.05, 4.69) is 10.1 Å². The highest BCUT2D eigenvalue weighted by atomic mass is 19.4. The number of halogens is 3. The Labute approximate surface area is 156 Å². The topological polar surface area (TPSA) is 77.8 Å². The van der Waals surface area contributed by atoms with Crippen LogP contribution in [0.25, 0.3) is 11.0 Å². The Morgan fingerprint density at radius 1 is 1.00 bits per heavy atom. The summed E-state index contributed by atoms with van der Waals surface area (Å²) in [6, 6.07) is 13.2. The number of ether oxygens (including phenoxy) is 2. The van der Waals surface area contributed by atoms with Gasteiger partial charge in [-0.1, -0.05) is 6.07 Å². The van der Waals surface area contributed by atoms with Crippen LogP contribution in [0.2, 0.25) is 0 Å². The van der Waals surface area contributed by atoms with Gasteiger partial charge in [-0.3, -0.25) is 4.79 Å². The van der Waals surface area contributed by atoms with E-state index in [4.69, 9.17) is 9.15 Å². The predicted molar refractivity (Wildman–Crippen MR) is 94.6 cm³/mol. The molecule has 0 aliphatic heterocycles. The first-order valence-electron chi connectivity index (χ1n) is 8.05. The standard InChI is InChI=1S/C19H14F3NO5/c20-19(21,22)11-27-14-3-1-2-13(8-14)23-17(24)10-26-15-6-4-12-5-7-18(25)28-16(12)9-15/h1-9H,10-11H2,(H,23,24). The molecule has 0 saturated heterocycles. The highest BCUT2D eigenvalue weighted by Gasteiger charge is 2.28. The molecule has 0 spiro atoms. The third kappa shape index (κ3) is 5.50. The molecule has 1 heterocycles. The molecule has 6 nitrogen and oxygen atoms in total. The summed E-state index contributed by atoms with van der Waals surface area (Å²) in [6.45, 7) is -1.78. The summed E-state index contributed by atoms with van der Waals surface area (Å²) in [6.07, 6.45) is -4.45. The minimum absolute atomic E-state index is 0.0272. The number of benzene rings is 2. The lowest BCUT2D eigenvalue weighted by molar-refractivity contribution is -0.153. The van der Waals surface area contributed by atoms with Gasteiger partial charge < -0.3 is 19.2 Å². The second-order valence-electron chi connectivity index (χ2n) is 5.72. The van der Waals surface area contributed by atoms with E-state index < -0.39 is 24.3 Å². The van der Waals surface area contributed by atoms with Crippen molar-refractivity contribution in [1.29, 1.82) is 0 Å². The molecule has 146 valence electrons. The Kier molecular flexibility index (Phi) is 5.53. The molecule has 0 aliphatic rings. The summed E-state index contributed by atoms with van der Waals surface area (Å²) >= 11 is 0. The first kappa shape index (κ1) is 19.3. The van der Waals surface area contributed by atoms with Crippen molar-refractivity contribution in [1.82, 2.24) is 0 Å². The molecule has 0 atom stereocenters. The van der Waals surface area contributed by atoms with Crippen molar-refractivity contribution < 1.29 is 31.9 Å². The van der Waals surface area contributed by atoms with Crippen molar-refractivity contribution in [2.45, 2.75) is 6.18 Å². The average molecular weight is 393 g/mol. The fourth-order valence-electron chi connectivity index (χ4n) is 2.31. The summed E-state index contributed by atoms with van der Waals surface area (Å²) in [7, 11) is 0. The molecule has 0 radical (unpaired) electrons. The number of carbonyl (C=O) groups excluding carboxylic acids is 1. The zero-order valence-electron chi connectivity index (χ0n) is 14.3. The van der Waals surface area contributed by atoms with Crippen LogP contribution in [0.5, 0.6) is 11.5 Å². The van der Waals surface area contributed by atoms with Gasteiger partial charge in [-0.2, -0.15) is 13.2 Å². The molecule has 3 aromatic rings. The lowest BCUT2D eigenvalue weighted by Crippen LogP contribution is -2.21. The van der Waals surface area contributed by atoms with Crippen molar-refractivity contribution in [2.24, 2.45) is 0 Å². The Hall–Kier alpha value is -3.49. The summed E-state index contributed by atoms with van der Waals surface area (Å²) in [4.78, 5) is 23.3. The van der Waals surface area contributed by atoms with E-state index in [1.807, 2.05) is 0 Å². The lowest BCUT2D eigenvalue weighted by atomic mass is 10.2. The van der Waals surface area contributed by atoms with E-state index in [1.165, 1.54) is 36.4 Å². The fraction of sp³-hybridized carbons (Fsp3) is 0.158. The van der Waals surface area contributed by atoms with E-state index in [-0.39, 0.29) is 18.0 Å². The van der Waals surface area contributed by atoms with Crippen LogP contribution in [-0.4, -0.2) is 25.3 Å². The van der Waals surface area contributed by atoms with Gasteiger partial charge in [0.15, 0.2) is 13.2 Å². The van der Waals surface area contributed by atoms with E-state index >= 15 is 0 Å². The Balaban J connectivity index is 1.58. The summed E-state index contributed by atoms with van der Waals surface area (Å²) < 4.78 is 51.6. The number of alkyl halides is 3. The molecule has 28 heavy (non-hydrogen) atoms. The van der Waals surface area contributed by atoms with Crippen molar-refractivity contribution in [3.8, 4) is 11.5 Å². The molecule has 2 aromatic carbocycles. The van der Waals surface area contributed by atoms with Crippen LogP contribution < -0.4 is 20.4 Å². The minimum atomic E-state index is -4.45. The van der Waals surface area contributed by atoms with Gasteiger partial charge in [0.05, 0.1) is 0 Å². The largest absolute Gasteiger partial charge is 0.484 e. The second kappa shape index (κ2) is 8.03. The van der Waals surface area contributed by atoms with Gasteiger partial charge in [0.2, 0.25) is 0 Å². The molecule has 0 bridgehead atoms. The number of amides is 1. The number of anilines is 1. The molecule has 3 rings (SSSR count). The van der Waals surface area contributed by atoms with Crippen LogP contribution in [0.1, 0.15) is 0 Å². The van der Waals surface area contributed by atoms with Crippen LogP contribution in [0, 0.1) is 0 Å². The molecule has 9 heteroatoms. The van der Waals surface area contributed by atoms with Gasteiger partial charge in [-0.15, -0.1) is 0 Å². The highest BCUT2D eigenvalue weighted by Crippen LogP contribution is 2.22.